The van der Waals surface area contributed by atoms with E-state index in [1.165, 1.54) is 0 Å². The summed E-state index contributed by atoms with van der Waals surface area (Å²) in [6.07, 6.45) is 0.268. The smallest absolute Gasteiger partial charge is 0.225 e. The summed E-state index contributed by atoms with van der Waals surface area (Å²) in [6, 6.07) is 9.04. The molecule has 0 aliphatic rings. The van der Waals surface area contributed by atoms with Gasteiger partial charge in [-0.25, -0.2) is 0 Å². The van der Waals surface area contributed by atoms with Gasteiger partial charge in [-0.3, -0.25) is 4.79 Å². The summed E-state index contributed by atoms with van der Waals surface area (Å²) in [5, 5.41) is 2.92. The zero-order valence-electron chi connectivity index (χ0n) is 13.3. The van der Waals surface area contributed by atoms with Crippen LogP contribution in [0.2, 0.25) is 0 Å². The topological polar surface area (TPSA) is 60.7 Å². The predicted molar refractivity (Wildman–Crippen MR) is 83.3 cm³/mol. The van der Waals surface area contributed by atoms with Crippen molar-refractivity contribution < 1.29 is 18.7 Å². The van der Waals surface area contributed by atoms with E-state index in [0.717, 1.165) is 17.1 Å². The Balaban J connectivity index is 2.00. The van der Waals surface area contributed by atoms with Crippen LogP contribution in [0.4, 0.5) is 0 Å². The van der Waals surface area contributed by atoms with Crippen LogP contribution in [0.15, 0.2) is 34.7 Å². The molecule has 1 atom stereocenters. The molecule has 0 aliphatic carbocycles. The minimum absolute atomic E-state index is 0.0752. The SMILES string of the molecule is COc1ccc(CC(=O)NC(C)c2ccc(C)o2)cc1OC. The van der Waals surface area contributed by atoms with E-state index in [9.17, 15) is 4.79 Å². The average molecular weight is 303 g/mol. The molecule has 2 rings (SSSR count). The van der Waals surface area contributed by atoms with Crippen LogP contribution in [0.5, 0.6) is 11.5 Å². The van der Waals surface area contributed by atoms with Gasteiger partial charge in [0.25, 0.3) is 0 Å². The summed E-state index contributed by atoms with van der Waals surface area (Å²) >= 11 is 0. The van der Waals surface area contributed by atoms with Crippen molar-refractivity contribution in [1.29, 1.82) is 0 Å². The van der Waals surface area contributed by atoms with Crippen LogP contribution < -0.4 is 14.8 Å². The first kappa shape index (κ1) is 15.9. The number of benzene rings is 1. The highest BCUT2D eigenvalue weighted by Gasteiger charge is 2.14. The maximum absolute atomic E-state index is 12.1. The number of methoxy groups -OCH3 is 2. The maximum atomic E-state index is 12.1. The second-order valence-electron chi connectivity index (χ2n) is 5.10. The van der Waals surface area contributed by atoms with Gasteiger partial charge in [-0.05, 0) is 43.7 Å². The van der Waals surface area contributed by atoms with Crippen molar-refractivity contribution in [3.63, 3.8) is 0 Å². The van der Waals surface area contributed by atoms with Gasteiger partial charge in [-0.2, -0.15) is 0 Å². The van der Waals surface area contributed by atoms with Crippen LogP contribution in [-0.2, 0) is 11.2 Å². The highest BCUT2D eigenvalue weighted by Crippen LogP contribution is 2.27. The van der Waals surface area contributed by atoms with Gasteiger partial charge in [0.2, 0.25) is 5.91 Å². The normalized spacial score (nSPS) is 11.8. The minimum atomic E-state index is -0.165. The molecule has 22 heavy (non-hydrogen) atoms. The fourth-order valence-corrected chi connectivity index (χ4v) is 2.23. The van der Waals surface area contributed by atoms with Crippen molar-refractivity contribution in [3.05, 3.63) is 47.4 Å². The molecule has 5 heteroatoms. The number of carbonyl (C=O) groups is 1. The number of nitrogens with one attached hydrogen (secondary N) is 1. The average Bonchev–Trinajstić information content (AvgIpc) is 2.93. The van der Waals surface area contributed by atoms with E-state index < -0.39 is 0 Å². The third kappa shape index (κ3) is 3.81. The fraction of sp³-hybridized carbons (Fsp3) is 0.353. The van der Waals surface area contributed by atoms with E-state index in [1.807, 2.05) is 32.0 Å². The van der Waals surface area contributed by atoms with E-state index in [4.69, 9.17) is 13.9 Å². The number of carbonyl (C=O) groups excluding carboxylic acids is 1. The molecule has 1 heterocycles. The van der Waals surface area contributed by atoms with Crippen LogP contribution in [0.3, 0.4) is 0 Å². The lowest BCUT2D eigenvalue weighted by Crippen LogP contribution is -2.27. The maximum Gasteiger partial charge on any atom is 0.225 e. The number of aryl methyl sites for hydroxylation is 1. The molecule has 1 unspecified atom stereocenters. The van der Waals surface area contributed by atoms with E-state index in [2.05, 4.69) is 5.32 Å². The van der Waals surface area contributed by atoms with Crippen LogP contribution in [0.1, 0.15) is 30.0 Å². The van der Waals surface area contributed by atoms with Crippen molar-refractivity contribution in [3.8, 4) is 11.5 Å². The molecule has 0 fully saturated rings. The quantitative estimate of drug-likeness (QED) is 0.891. The first-order chi connectivity index (χ1) is 10.5. The Morgan fingerprint density at radius 1 is 1.18 bits per heavy atom. The Kier molecular flexibility index (Phi) is 5.09. The molecular formula is C17H21NO4. The molecule has 1 N–H and O–H groups in total. The van der Waals surface area contributed by atoms with Gasteiger partial charge in [0.1, 0.15) is 11.5 Å². The number of furan rings is 1. The molecule has 0 radical (unpaired) electrons. The zero-order chi connectivity index (χ0) is 16.1. The molecule has 0 bridgehead atoms. The molecule has 2 aromatic rings. The Bertz CT molecular complexity index is 648. The molecule has 1 aromatic heterocycles. The lowest BCUT2D eigenvalue weighted by Gasteiger charge is -2.13. The number of hydrogen-bond donors (Lipinski definition) is 1. The molecule has 0 spiro atoms. The highest BCUT2D eigenvalue weighted by atomic mass is 16.5. The van der Waals surface area contributed by atoms with Gasteiger partial charge >= 0.3 is 0 Å². The van der Waals surface area contributed by atoms with Crippen molar-refractivity contribution in [1.82, 2.24) is 5.32 Å². The Morgan fingerprint density at radius 3 is 2.50 bits per heavy atom. The molecule has 0 aliphatic heterocycles. The Morgan fingerprint density at radius 2 is 1.91 bits per heavy atom. The van der Waals surface area contributed by atoms with Gasteiger partial charge in [0, 0.05) is 0 Å². The number of rotatable bonds is 6. The molecule has 118 valence electrons. The van der Waals surface area contributed by atoms with Crippen LogP contribution in [-0.4, -0.2) is 20.1 Å². The monoisotopic (exact) mass is 303 g/mol. The van der Waals surface area contributed by atoms with Gasteiger partial charge < -0.3 is 19.2 Å². The lowest BCUT2D eigenvalue weighted by molar-refractivity contribution is -0.121. The molecular weight excluding hydrogens is 282 g/mol. The summed E-state index contributed by atoms with van der Waals surface area (Å²) in [6.45, 7) is 3.77. The summed E-state index contributed by atoms with van der Waals surface area (Å²) in [5.41, 5.74) is 0.859. The Labute approximate surface area is 130 Å². The number of ether oxygens (including phenoxy) is 2. The van der Waals surface area contributed by atoms with Gasteiger partial charge in [-0.1, -0.05) is 6.07 Å². The first-order valence-electron chi connectivity index (χ1n) is 7.10. The van der Waals surface area contributed by atoms with Gasteiger partial charge in [0.05, 0.1) is 26.7 Å². The van der Waals surface area contributed by atoms with Crippen molar-refractivity contribution in [2.45, 2.75) is 26.3 Å². The van der Waals surface area contributed by atoms with Crippen molar-refractivity contribution in [2.24, 2.45) is 0 Å². The third-order valence-electron chi connectivity index (χ3n) is 3.38. The number of hydrogen-bond acceptors (Lipinski definition) is 4. The van der Waals surface area contributed by atoms with E-state index in [-0.39, 0.29) is 18.4 Å². The Hall–Kier alpha value is -2.43. The molecule has 0 saturated carbocycles. The molecule has 0 saturated heterocycles. The zero-order valence-corrected chi connectivity index (χ0v) is 13.3. The standard InChI is InChI=1S/C17H21NO4/c1-11-5-7-14(22-11)12(2)18-17(19)10-13-6-8-15(20-3)16(9-13)21-4/h5-9,12H,10H2,1-4H3,(H,18,19). The van der Waals surface area contributed by atoms with Crippen molar-refractivity contribution >= 4 is 5.91 Å². The van der Waals surface area contributed by atoms with Crippen LogP contribution in [0, 0.1) is 6.92 Å². The summed E-state index contributed by atoms with van der Waals surface area (Å²) in [7, 11) is 3.15. The highest BCUT2D eigenvalue weighted by molar-refractivity contribution is 5.79. The first-order valence-corrected chi connectivity index (χ1v) is 7.10. The molecule has 5 nitrogen and oxygen atoms in total. The second-order valence-corrected chi connectivity index (χ2v) is 5.10. The third-order valence-corrected chi connectivity index (χ3v) is 3.38. The summed E-state index contributed by atoms with van der Waals surface area (Å²) < 4.78 is 15.9. The van der Waals surface area contributed by atoms with Crippen molar-refractivity contribution in [2.75, 3.05) is 14.2 Å². The summed E-state index contributed by atoms with van der Waals surface area (Å²) in [4.78, 5) is 12.1. The fourth-order valence-electron chi connectivity index (χ4n) is 2.23. The summed E-state index contributed by atoms with van der Waals surface area (Å²) in [5.74, 6) is 2.76. The molecule has 1 amide bonds. The van der Waals surface area contributed by atoms with Gasteiger partial charge in [0.15, 0.2) is 11.5 Å². The van der Waals surface area contributed by atoms with Crippen LogP contribution in [0.25, 0.3) is 0 Å². The van der Waals surface area contributed by atoms with Crippen LogP contribution >= 0.6 is 0 Å². The minimum Gasteiger partial charge on any atom is -0.493 e. The molecule has 1 aromatic carbocycles. The van der Waals surface area contributed by atoms with E-state index >= 15 is 0 Å². The number of amides is 1. The largest absolute Gasteiger partial charge is 0.493 e. The van der Waals surface area contributed by atoms with E-state index in [1.54, 1.807) is 26.4 Å². The predicted octanol–water partition coefficient (Wildman–Crippen LogP) is 3.03. The van der Waals surface area contributed by atoms with Gasteiger partial charge in [-0.15, -0.1) is 0 Å². The van der Waals surface area contributed by atoms with E-state index in [0.29, 0.717) is 11.5 Å². The second kappa shape index (κ2) is 7.02. The lowest BCUT2D eigenvalue weighted by atomic mass is 10.1.